The predicted octanol–water partition coefficient (Wildman–Crippen LogP) is 1.82. The average molecular weight is 180 g/mol. The van der Waals surface area contributed by atoms with Gasteiger partial charge in [0.05, 0.1) is 11.6 Å². The van der Waals surface area contributed by atoms with Crippen molar-refractivity contribution in [3.63, 3.8) is 0 Å². The highest BCUT2D eigenvalue weighted by Gasteiger charge is 2.21. The molecule has 1 aliphatic heterocycles. The molecule has 0 bridgehead atoms. The zero-order chi connectivity index (χ0) is 8.39. The molecule has 0 unspecified atom stereocenters. The van der Waals surface area contributed by atoms with Gasteiger partial charge in [0, 0.05) is 0 Å². The smallest absolute Gasteiger partial charge is 0.326 e. The molecule has 1 aromatic rings. The van der Waals surface area contributed by atoms with Gasteiger partial charge >= 0.3 is 6.03 Å². The van der Waals surface area contributed by atoms with Gasteiger partial charge in [-0.1, -0.05) is 18.2 Å². The van der Waals surface area contributed by atoms with Crippen molar-refractivity contribution in [1.29, 1.82) is 0 Å². The fourth-order valence-electron chi connectivity index (χ4n) is 1.04. The van der Waals surface area contributed by atoms with Crippen LogP contribution < -0.4 is 9.62 Å². The van der Waals surface area contributed by atoms with E-state index in [1.54, 1.807) is 4.31 Å². The first-order chi connectivity index (χ1) is 5.88. The number of anilines is 1. The van der Waals surface area contributed by atoms with Gasteiger partial charge in [-0.3, -0.25) is 0 Å². The largest absolute Gasteiger partial charge is 0.332 e. The van der Waals surface area contributed by atoms with Crippen LogP contribution in [0.5, 0.6) is 0 Å². The van der Waals surface area contributed by atoms with Crippen LogP contribution >= 0.6 is 11.9 Å². The highest BCUT2D eigenvalue weighted by atomic mass is 32.2. The molecule has 0 saturated carbocycles. The monoisotopic (exact) mass is 180 g/mol. The Balaban J connectivity index is 2.25. The second-order valence-corrected chi connectivity index (χ2v) is 3.30. The lowest BCUT2D eigenvalue weighted by molar-refractivity contribution is 0.252. The third-order valence-electron chi connectivity index (χ3n) is 1.59. The Hall–Kier alpha value is -1.16. The molecule has 0 spiro atoms. The number of amides is 2. The van der Waals surface area contributed by atoms with E-state index in [9.17, 15) is 4.79 Å². The third kappa shape index (κ3) is 1.25. The lowest BCUT2D eigenvalue weighted by Crippen LogP contribution is -2.24. The van der Waals surface area contributed by atoms with Crippen molar-refractivity contribution in [3.05, 3.63) is 30.3 Å². The number of urea groups is 1. The highest BCUT2D eigenvalue weighted by Crippen LogP contribution is 2.24. The van der Waals surface area contributed by atoms with Gasteiger partial charge in [0.2, 0.25) is 0 Å². The van der Waals surface area contributed by atoms with Gasteiger partial charge in [-0.25, -0.2) is 9.10 Å². The molecule has 4 heteroatoms. The number of hydrogen-bond donors (Lipinski definition) is 1. The molecule has 12 heavy (non-hydrogen) atoms. The van der Waals surface area contributed by atoms with Crippen LogP contribution in [0.4, 0.5) is 10.5 Å². The number of benzene rings is 1. The van der Waals surface area contributed by atoms with E-state index in [2.05, 4.69) is 5.32 Å². The molecule has 2 rings (SSSR count). The van der Waals surface area contributed by atoms with Crippen LogP contribution in [0.25, 0.3) is 0 Å². The maximum atomic E-state index is 11.2. The Labute approximate surface area is 74.9 Å². The van der Waals surface area contributed by atoms with Crippen molar-refractivity contribution >= 4 is 23.7 Å². The van der Waals surface area contributed by atoms with E-state index in [0.29, 0.717) is 5.88 Å². The molecule has 1 heterocycles. The maximum Gasteiger partial charge on any atom is 0.332 e. The van der Waals surface area contributed by atoms with Crippen molar-refractivity contribution in [2.24, 2.45) is 0 Å². The molecule has 3 nitrogen and oxygen atoms in total. The number of para-hydroxylation sites is 1. The molecular weight excluding hydrogens is 172 g/mol. The maximum absolute atomic E-state index is 11.2. The van der Waals surface area contributed by atoms with E-state index in [-0.39, 0.29) is 6.03 Å². The highest BCUT2D eigenvalue weighted by molar-refractivity contribution is 8.01. The van der Waals surface area contributed by atoms with E-state index in [4.69, 9.17) is 0 Å². The summed E-state index contributed by atoms with van der Waals surface area (Å²) >= 11 is 1.48. The van der Waals surface area contributed by atoms with Crippen LogP contribution in [0.1, 0.15) is 0 Å². The van der Waals surface area contributed by atoms with Gasteiger partial charge < -0.3 is 5.32 Å². The molecule has 1 N–H and O–H groups in total. The van der Waals surface area contributed by atoms with Crippen molar-refractivity contribution in [3.8, 4) is 0 Å². The van der Waals surface area contributed by atoms with Crippen molar-refractivity contribution in [1.82, 2.24) is 5.32 Å². The molecular formula is C8H8N2OS. The lowest BCUT2D eigenvalue weighted by Gasteiger charge is -2.11. The van der Waals surface area contributed by atoms with E-state index < -0.39 is 0 Å². The molecule has 0 aromatic heterocycles. The van der Waals surface area contributed by atoms with Crippen LogP contribution in [-0.2, 0) is 0 Å². The van der Waals surface area contributed by atoms with Gasteiger partial charge in [-0.2, -0.15) is 0 Å². The molecule has 1 fully saturated rings. The first-order valence-corrected chi connectivity index (χ1v) is 4.58. The van der Waals surface area contributed by atoms with Gasteiger partial charge in [0.1, 0.15) is 0 Å². The molecule has 0 radical (unpaired) electrons. The lowest BCUT2D eigenvalue weighted by atomic mass is 10.3. The van der Waals surface area contributed by atoms with Crippen LogP contribution in [-0.4, -0.2) is 11.9 Å². The zero-order valence-electron chi connectivity index (χ0n) is 6.36. The van der Waals surface area contributed by atoms with Crippen molar-refractivity contribution in [2.45, 2.75) is 0 Å². The Bertz CT molecular complexity index is 288. The van der Waals surface area contributed by atoms with E-state index in [0.717, 1.165) is 5.69 Å². The summed E-state index contributed by atoms with van der Waals surface area (Å²) in [5, 5.41) is 2.72. The minimum atomic E-state index is -0.0359. The quantitative estimate of drug-likeness (QED) is 0.668. The second-order valence-electron chi connectivity index (χ2n) is 2.39. The minimum absolute atomic E-state index is 0.0359. The van der Waals surface area contributed by atoms with Gasteiger partial charge in [0.15, 0.2) is 0 Å². The van der Waals surface area contributed by atoms with E-state index in [1.165, 1.54) is 11.9 Å². The molecule has 0 aliphatic carbocycles. The summed E-state index contributed by atoms with van der Waals surface area (Å²) in [5.74, 6) is 0.660. The van der Waals surface area contributed by atoms with Crippen LogP contribution in [0.3, 0.4) is 0 Å². The van der Waals surface area contributed by atoms with Gasteiger partial charge in [-0.15, -0.1) is 0 Å². The summed E-state index contributed by atoms with van der Waals surface area (Å²) in [6.07, 6.45) is 0. The first kappa shape index (κ1) is 7.49. The average Bonchev–Trinajstić information content (AvgIpc) is 2.53. The summed E-state index contributed by atoms with van der Waals surface area (Å²) in [5.41, 5.74) is 0.928. The molecule has 1 aromatic carbocycles. The van der Waals surface area contributed by atoms with E-state index >= 15 is 0 Å². The number of nitrogens with zero attached hydrogens (tertiary/aromatic N) is 1. The fourth-order valence-corrected chi connectivity index (χ4v) is 1.81. The summed E-state index contributed by atoms with van der Waals surface area (Å²) < 4.78 is 1.65. The standard InChI is InChI=1S/C8H8N2OS/c11-8-9-6-12-10(8)7-4-2-1-3-5-7/h1-5H,6H2,(H,9,11). The molecule has 0 atom stereocenters. The predicted molar refractivity (Wildman–Crippen MR) is 49.9 cm³/mol. The summed E-state index contributed by atoms with van der Waals surface area (Å²) in [4.78, 5) is 11.2. The Morgan fingerprint density at radius 1 is 1.33 bits per heavy atom. The summed E-state index contributed by atoms with van der Waals surface area (Å²) in [6, 6.07) is 9.56. The van der Waals surface area contributed by atoms with Crippen LogP contribution in [0.15, 0.2) is 30.3 Å². The molecule has 1 aliphatic rings. The normalized spacial score (nSPS) is 16.3. The Morgan fingerprint density at radius 3 is 2.67 bits per heavy atom. The second kappa shape index (κ2) is 3.06. The van der Waals surface area contributed by atoms with E-state index in [1.807, 2.05) is 30.3 Å². The number of carbonyl (C=O) groups is 1. The van der Waals surface area contributed by atoms with Crippen LogP contribution in [0.2, 0.25) is 0 Å². The SMILES string of the molecule is O=C1NCSN1c1ccccc1. The zero-order valence-corrected chi connectivity index (χ0v) is 7.17. The van der Waals surface area contributed by atoms with Gasteiger partial charge in [-0.05, 0) is 24.1 Å². The van der Waals surface area contributed by atoms with Gasteiger partial charge in [0.25, 0.3) is 0 Å². The van der Waals surface area contributed by atoms with Crippen molar-refractivity contribution in [2.75, 3.05) is 10.2 Å². The summed E-state index contributed by atoms with van der Waals surface area (Å²) in [7, 11) is 0. The molecule has 1 saturated heterocycles. The minimum Gasteiger partial charge on any atom is -0.326 e. The molecule has 62 valence electrons. The number of rotatable bonds is 1. The number of nitrogens with one attached hydrogen (secondary N) is 1. The first-order valence-electron chi connectivity index (χ1n) is 3.64. The third-order valence-corrected chi connectivity index (χ3v) is 2.50. The fraction of sp³-hybridized carbons (Fsp3) is 0.125. The van der Waals surface area contributed by atoms with Crippen LogP contribution in [0, 0.1) is 0 Å². The number of hydrogen-bond acceptors (Lipinski definition) is 2. The Kier molecular flexibility index (Phi) is 1.91. The van der Waals surface area contributed by atoms with Crippen molar-refractivity contribution < 1.29 is 4.79 Å². The Morgan fingerprint density at radius 2 is 2.08 bits per heavy atom. The topological polar surface area (TPSA) is 32.3 Å². The summed E-state index contributed by atoms with van der Waals surface area (Å²) in [6.45, 7) is 0. The number of carbonyl (C=O) groups excluding carboxylic acids is 1. The molecule has 2 amide bonds.